The smallest absolute Gasteiger partial charge is 1.00 e. The molecule has 2 aliphatic rings. The molecule has 1 unspecified atom stereocenters. The van der Waals surface area contributed by atoms with Gasteiger partial charge in [-0.15, -0.1) is 6.07 Å². The molecule has 2 nitrogen and oxygen atoms in total. The van der Waals surface area contributed by atoms with Crippen molar-refractivity contribution in [3.05, 3.63) is 150 Å². The summed E-state index contributed by atoms with van der Waals surface area (Å²) in [5.74, 6) is 1.21. The molecule has 0 radical (unpaired) electrons. The molecule has 1 N–H and O–H groups in total. The molecule has 0 aromatic heterocycles. The van der Waals surface area contributed by atoms with E-state index in [0.29, 0.717) is 11.5 Å². The van der Waals surface area contributed by atoms with E-state index in [1.54, 1.807) is 30.3 Å². The van der Waals surface area contributed by atoms with Crippen molar-refractivity contribution >= 4 is 28.8 Å². The van der Waals surface area contributed by atoms with Gasteiger partial charge in [0.25, 0.3) is 0 Å². The quantitative estimate of drug-likeness (QED) is 0.158. The van der Waals surface area contributed by atoms with Gasteiger partial charge in [-0.2, -0.15) is 18.6 Å². The SMILES string of the molecule is CC1CCCC(=NCc2ccccc2)C1.C[C@@H]1CCC[C@](Cc2ccccc2F)(NCc2ccccc2)C1.[CH2-]c1ccccc1F.[Cl-].[Mg+2]. The Balaban J connectivity index is 0.000000275. The summed E-state index contributed by atoms with van der Waals surface area (Å²) in [5.41, 5.74) is 5.34. The number of aliphatic imine (C=N–C) groups is 1. The third kappa shape index (κ3) is 14.4. The summed E-state index contributed by atoms with van der Waals surface area (Å²) in [6.07, 6.45) is 10.7. The minimum atomic E-state index is -0.243. The van der Waals surface area contributed by atoms with E-state index in [1.807, 2.05) is 18.2 Å². The largest absolute Gasteiger partial charge is 2.00 e. The Bertz CT molecular complexity index is 1460. The van der Waals surface area contributed by atoms with Crippen molar-refractivity contribution in [3.63, 3.8) is 0 Å². The maximum atomic E-state index is 14.1. The van der Waals surface area contributed by atoms with E-state index in [0.717, 1.165) is 43.8 Å². The molecule has 2 aliphatic carbocycles. The van der Waals surface area contributed by atoms with Crippen molar-refractivity contribution < 1.29 is 21.2 Å². The fourth-order valence-corrected chi connectivity index (χ4v) is 6.62. The van der Waals surface area contributed by atoms with E-state index in [2.05, 4.69) is 80.7 Å². The Hall–Kier alpha value is -2.70. The van der Waals surface area contributed by atoms with E-state index >= 15 is 0 Å². The Morgan fingerprint density at radius 2 is 1.33 bits per heavy atom. The van der Waals surface area contributed by atoms with Crippen LogP contribution < -0.4 is 17.7 Å². The van der Waals surface area contributed by atoms with Crippen molar-refractivity contribution in [1.82, 2.24) is 5.32 Å². The van der Waals surface area contributed by atoms with Crippen LogP contribution in [0.1, 0.15) is 87.5 Å². The first kappa shape index (κ1) is 41.5. The number of rotatable bonds is 7. The van der Waals surface area contributed by atoms with Crippen LogP contribution in [0.15, 0.2) is 114 Å². The molecule has 48 heavy (non-hydrogen) atoms. The number of hydrogen-bond donors (Lipinski definition) is 1. The van der Waals surface area contributed by atoms with Crippen molar-refractivity contribution in [2.24, 2.45) is 16.8 Å². The number of nitrogens with zero attached hydrogens (tertiary/aromatic N) is 1. The fraction of sp³-hybridized carbons (Fsp3) is 0.381. The third-order valence-electron chi connectivity index (χ3n) is 9.12. The number of hydrogen-bond acceptors (Lipinski definition) is 2. The zero-order chi connectivity index (χ0) is 32.6. The average Bonchev–Trinajstić information content (AvgIpc) is 3.07. The maximum Gasteiger partial charge on any atom is 2.00 e. The van der Waals surface area contributed by atoms with Crippen LogP contribution in [0, 0.1) is 30.4 Å². The van der Waals surface area contributed by atoms with E-state index in [9.17, 15) is 8.78 Å². The van der Waals surface area contributed by atoms with Crippen molar-refractivity contribution in [3.8, 4) is 0 Å². The Morgan fingerprint density at radius 1 is 0.750 bits per heavy atom. The van der Waals surface area contributed by atoms with Gasteiger partial charge in [-0.3, -0.25) is 9.38 Å². The predicted octanol–water partition coefficient (Wildman–Crippen LogP) is 7.58. The molecule has 0 heterocycles. The molecule has 0 saturated heterocycles. The maximum absolute atomic E-state index is 14.1. The van der Waals surface area contributed by atoms with Crippen LogP contribution in [0.5, 0.6) is 0 Å². The normalized spacial score (nSPS) is 20.9. The van der Waals surface area contributed by atoms with Crippen molar-refractivity contribution in [2.45, 2.75) is 90.3 Å². The first-order chi connectivity index (χ1) is 22.3. The van der Waals surface area contributed by atoms with Crippen molar-refractivity contribution in [1.29, 1.82) is 0 Å². The van der Waals surface area contributed by atoms with Crippen molar-refractivity contribution in [2.75, 3.05) is 0 Å². The van der Waals surface area contributed by atoms with Gasteiger partial charge in [-0.1, -0.05) is 118 Å². The first-order valence-corrected chi connectivity index (χ1v) is 17.0. The van der Waals surface area contributed by atoms with Gasteiger partial charge in [0.1, 0.15) is 5.82 Å². The Labute approximate surface area is 310 Å². The monoisotopic (exact) mass is 680 g/mol. The van der Waals surface area contributed by atoms with Crippen LogP contribution >= 0.6 is 0 Å². The fourth-order valence-electron chi connectivity index (χ4n) is 6.62. The second kappa shape index (κ2) is 22.1. The summed E-state index contributed by atoms with van der Waals surface area (Å²) < 4.78 is 26.4. The molecule has 6 rings (SSSR count). The topological polar surface area (TPSA) is 24.4 Å². The van der Waals surface area contributed by atoms with Gasteiger partial charge in [-0.05, 0) is 79.5 Å². The minimum Gasteiger partial charge on any atom is -1.00 e. The first-order valence-electron chi connectivity index (χ1n) is 17.0. The predicted molar refractivity (Wildman–Crippen MR) is 196 cm³/mol. The molecular weight excluding hydrogens is 630 g/mol. The molecule has 0 bridgehead atoms. The van der Waals surface area contributed by atoms with Gasteiger partial charge in [0, 0.05) is 23.6 Å². The molecule has 0 spiro atoms. The summed E-state index contributed by atoms with van der Waals surface area (Å²) >= 11 is 0. The Morgan fingerprint density at radius 3 is 1.92 bits per heavy atom. The zero-order valence-electron chi connectivity index (χ0n) is 28.8. The molecule has 3 atom stereocenters. The molecule has 4 aromatic carbocycles. The molecule has 2 saturated carbocycles. The van der Waals surface area contributed by atoms with Crippen LogP contribution in [-0.4, -0.2) is 34.3 Å². The van der Waals surface area contributed by atoms with E-state index in [1.165, 1.54) is 61.4 Å². The second-order valence-corrected chi connectivity index (χ2v) is 13.3. The summed E-state index contributed by atoms with van der Waals surface area (Å²) in [6, 6.07) is 34.6. The van der Waals surface area contributed by atoms with E-state index < -0.39 is 0 Å². The van der Waals surface area contributed by atoms with Gasteiger partial charge < -0.3 is 17.7 Å². The standard InChI is InChI=1S/C21H26FN.C14H19N.C7H6F.ClH.Mg/c1-17-8-7-13-21(14-17,15-19-11-5-6-12-20(19)22)23-16-18-9-3-2-4-10-18;1-12-6-5-9-14(10-12)15-11-13-7-3-2-4-8-13;1-6-4-2-3-5-7(6)8;;/h2-6,9-12,17,23H,7-8,13-16H2,1H3;2-4,7-8,12H,5-6,9-11H2,1H3;2-5H,1H2;1H;/q;;-1;;+2/p-1/t17-,21+;;;;/m1..../s1. The van der Waals surface area contributed by atoms with Crippen LogP contribution in [0.2, 0.25) is 0 Å². The molecule has 2 fully saturated rings. The zero-order valence-corrected chi connectivity index (χ0v) is 31.0. The van der Waals surface area contributed by atoms with Crippen LogP contribution in [0.4, 0.5) is 8.78 Å². The third-order valence-corrected chi connectivity index (χ3v) is 9.12. The van der Waals surface area contributed by atoms with Crippen LogP contribution in [0.3, 0.4) is 0 Å². The molecule has 6 heteroatoms. The van der Waals surface area contributed by atoms with Crippen LogP contribution in [-0.2, 0) is 19.5 Å². The minimum absolute atomic E-state index is 0. The van der Waals surface area contributed by atoms with Gasteiger partial charge >= 0.3 is 23.1 Å². The summed E-state index contributed by atoms with van der Waals surface area (Å²) in [4.78, 5) is 4.72. The summed E-state index contributed by atoms with van der Waals surface area (Å²) in [6.45, 7) is 9.81. The van der Waals surface area contributed by atoms with Gasteiger partial charge in [-0.25, -0.2) is 4.39 Å². The van der Waals surface area contributed by atoms with Gasteiger partial charge in [0.05, 0.1) is 6.54 Å². The molecule has 252 valence electrons. The summed E-state index contributed by atoms with van der Waals surface area (Å²) in [7, 11) is 0. The molecule has 0 amide bonds. The Kier molecular flexibility index (Phi) is 19.1. The molecule has 0 aliphatic heterocycles. The second-order valence-electron chi connectivity index (χ2n) is 13.3. The number of halogens is 3. The number of nitrogens with one attached hydrogen (secondary N) is 1. The molecule has 4 aromatic rings. The van der Waals surface area contributed by atoms with E-state index in [4.69, 9.17) is 4.99 Å². The van der Waals surface area contributed by atoms with Gasteiger partial charge in [0.2, 0.25) is 0 Å². The van der Waals surface area contributed by atoms with Gasteiger partial charge in [0.15, 0.2) is 0 Å². The van der Waals surface area contributed by atoms with E-state index in [-0.39, 0.29) is 52.6 Å². The number of benzene rings is 4. The summed E-state index contributed by atoms with van der Waals surface area (Å²) in [5, 5.41) is 3.79. The average molecular weight is 682 g/mol. The van der Waals surface area contributed by atoms with Crippen LogP contribution in [0.25, 0.3) is 0 Å². The molecular formula is C42H51ClF2MgN2.